The predicted molar refractivity (Wildman–Crippen MR) is 77.9 cm³/mol. The first kappa shape index (κ1) is 14.1. The molecule has 1 aromatic carbocycles. The fourth-order valence-electron chi connectivity index (χ4n) is 2.35. The third-order valence-corrected chi connectivity index (χ3v) is 4.15. The van der Waals surface area contributed by atoms with E-state index in [0.29, 0.717) is 12.5 Å². The average molecular weight is 281 g/mol. The number of nitrogens with zero attached hydrogens (tertiary/aromatic N) is 1. The van der Waals surface area contributed by atoms with Gasteiger partial charge in [0.15, 0.2) is 0 Å². The van der Waals surface area contributed by atoms with E-state index in [1.165, 1.54) is 11.3 Å². The minimum Gasteiger partial charge on any atom is -0.365 e. The Hall–Kier alpha value is -1.33. The van der Waals surface area contributed by atoms with Gasteiger partial charge in [-0.1, -0.05) is 30.4 Å². The highest BCUT2D eigenvalue weighted by molar-refractivity contribution is 7.85. The lowest BCUT2D eigenvalue weighted by Crippen LogP contribution is -2.34. The summed E-state index contributed by atoms with van der Waals surface area (Å²) in [6, 6.07) is 8.48. The van der Waals surface area contributed by atoms with E-state index in [0.717, 1.165) is 13.0 Å². The van der Waals surface area contributed by atoms with Crippen molar-refractivity contribution in [3.8, 4) is 0 Å². The highest BCUT2D eigenvalue weighted by Crippen LogP contribution is 2.28. The lowest BCUT2D eigenvalue weighted by molar-refractivity contribution is 0.480. The van der Waals surface area contributed by atoms with E-state index in [1.54, 1.807) is 0 Å². The number of hydrogen-bond acceptors (Lipinski definition) is 3. The highest BCUT2D eigenvalue weighted by Gasteiger charge is 2.18. The van der Waals surface area contributed by atoms with Gasteiger partial charge < -0.3 is 4.90 Å². The molecule has 2 rings (SSSR count). The molecule has 0 bridgehead atoms. The van der Waals surface area contributed by atoms with Gasteiger partial charge in [-0.05, 0) is 31.4 Å². The Balaban J connectivity index is 1.98. The lowest BCUT2D eigenvalue weighted by Gasteiger charge is -2.33. The van der Waals surface area contributed by atoms with Gasteiger partial charge >= 0.3 is 0 Å². The lowest BCUT2D eigenvalue weighted by atomic mass is 10.0. The Morgan fingerprint density at radius 1 is 1.26 bits per heavy atom. The van der Waals surface area contributed by atoms with Gasteiger partial charge in [-0.25, -0.2) is 0 Å². The number of fused-ring (bicyclic) bond motifs is 1. The Labute approximate surface area is 114 Å². The molecule has 4 nitrogen and oxygen atoms in total. The summed E-state index contributed by atoms with van der Waals surface area (Å²) < 4.78 is 30.1. The van der Waals surface area contributed by atoms with E-state index in [4.69, 9.17) is 4.55 Å². The van der Waals surface area contributed by atoms with Crippen molar-refractivity contribution in [3.63, 3.8) is 0 Å². The summed E-state index contributed by atoms with van der Waals surface area (Å²) in [5, 5.41) is 0. The van der Waals surface area contributed by atoms with Crippen molar-refractivity contribution in [2.75, 3.05) is 17.2 Å². The van der Waals surface area contributed by atoms with Gasteiger partial charge in [-0.2, -0.15) is 8.42 Å². The molecule has 0 amide bonds. The van der Waals surface area contributed by atoms with Crippen LogP contribution in [0, 0.1) is 0 Å². The Morgan fingerprint density at radius 2 is 2.00 bits per heavy atom. The number of hydrogen-bond donors (Lipinski definition) is 1. The standard InChI is InChI=1S/C14H19NO3S/c1-12-8-9-13-6-2-3-7-14(13)15(12)10-4-5-11-19(16,17)18/h2-3,6-9,12H,4-5,10-11H2,1H3,(H,16,17,18). The van der Waals surface area contributed by atoms with E-state index in [2.05, 4.69) is 36.1 Å². The molecule has 1 aromatic rings. The van der Waals surface area contributed by atoms with E-state index in [1.807, 2.05) is 12.1 Å². The van der Waals surface area contributed by atoms with Gasteiger partial charge in [0.05, 0.1) is 5.75 Å². The zero-order valence-corrected chi connectivity index (χ0v) is 11.8. The summed E-state index contributed by atoms with van der Waals surface area (Å²) in [6.07, 6.45) is 5.49. The predicted octanol–water partition coefficient (Wildman–Crippen LogP) is 2.58. The fraction of sp³-hybridized carbons (Fsp3) is 0.429. The maximum atomic E-state index is 10.7. The molecule has 1 unspecified atom stereocenters. The van der Waals surface area contributed by atoms with Crippen molar-refractivity contribution in [2.45, 2.75) is 25.8 Å². The summed E-state index contributed by atoms with van der Waals surface area (Å²) in [5.74, 6) is -0.160. The van der Waals surface area contributed by atoms with Gasteiger partial charge in [0.25, 0.3) is 10.1 Å². The molecule has 1 atom stereocenters. The van der Waals surface area contributed by atoms with Gasteiger partial charge in [0, 0.05) is 18.3 Å². The second kappa shape index (κ2) is 5.75. The first-order valence-electron chi connectivity index (χ1n) is 6.46. The second-order valence-electron chi connectivity index (χ2n) is 4.85. The number of unbranched alkanes of at least 4 members (excludes halogenated alkanes) is 1. The molecular weight excluding hydrogens is 262 g/mol. The highest BCUT2D eigenvalue weighted by atomic mass is 32.2. The zero-order chi connectivity index (χ0) is 13.9. The van der Waals surface area contributed by atoms with Crippen LogP contribution in [0.5, 0.6) is 0 Å². The van der Waals surface area contributed by atoms with Crippen LogP contribution in [-0.4, -0.2) is 31.3 Å². The normalized spacial score (nSPS) is 18.4. The summed E-state index contributed by atoms with van der Waals surface area (Å²) in [5.41, 5.74) is 2.37. The fourth-order valence-corrected chi connectivity index (χ4v) is 2.92. The van der Waals surface area contributed by atoms with Crippen LogP contribution in [0.15, 0.2) is 30.3 Å². The quantitative estimate of drug-likeness (QED) is 0.665. The summed E-state index contributed by atoms with van der Waals surface area (Å²) in [6.45, 7) is 2.91. The van der Waals surface area contributed by atoms with Crippen LogP contribution in [0.3, 0.4) is 0 Å². The van der Waals surface area contributed by atoms with Crippen molar-refractivity contribution < 1.29 is 13.0 Å². The van der Waals surface area contributed by atoms with Crippen molar-refractivity contribution in [1.82, 2.24) is 0 Å². The molecule has 5 heteroatoms. The van der Waals surface area contributed by atoms with Gasteiger partial charge in [-0.15, -0.1) is 0 Å². The molecule has 0 radical (unpaired) electrons. The largest absolute Gasteiger partial charge is 0.365 e. The first-order chi connectivity index (χ1) is 8.97. The number of anilines is 1. The average Bonchev–Trinajstić information content (AvgIpc) is 2.35. The monoisotopic (exact) mass is 281 g/mol. The minimum absolute atomic E-state index is 0.160. The van der Waals surface area contributed by atoms with Gasteiger partial charge in [0.1, 0.15) is 0 Å². The van der Waals surface area contributed by atoms with E-state index in [-0.39, 0.29) is 5.75 Å². The molecule has 1 heterocycles. The number of benzene rings is 1. The van der Waals surface area contributed by atoms with Crippen LogP contribution in [-0.2, 0) is 10.1 Å². The number of para-hydroxylation sites is 1. The third-order valence-electron chi connectivity index (χ3n) is 3.34. The smallest absolute Gasteiger partial charge is 0.264 e. The molecule has 0 spiro atoms. The van der Waals surface area contributed by atoms with Crippen molar-refractivity contribution in [1.29, 1.82) is 0 Å². The molecule has 0 fully saturated rings. The van der Waals surface area contributed by atoms with Crippen LogP contribution in [0.2, 0.25) is 0 Å². The minimum atomic E-state index is -3.83. The third kappa shape index (κ3) is 3.81. The molecule has 104 valence electrons. The molecule has 0 saturated heterocycles. The zero-order valence-electron chi connectivity index (χ0n) is 11.0. The van der Waals surface area contributed by atoms with Crippen molar-refractivity contribution in [2.24, 2.45) is 0 Å². The summed E-state index contributed by atoms with van der Waals surface area (Å²) >= 11 is 0. The van der Waals surface area contributed by atoms with E-state index in [9.17, 15) is 8.42 Å². The summed E-state index contributed by atoms with van der Waals surface area (Å²) in [7, 11) is -3.83. The Morgan fingerprint density at radius 3 is 2.74 bits per heavy atom. The number of rotatable bonds is 5. The topological polar surface area (TPSA) is 57.6 Å². The molecule has 1 aliphatic rings. The van der Waals surface area contributed by atoms with Crippen LogP contribution in [0.25, 0.3) is 6.08 Å². The maximum absolute atomic E-state index is 10.7. The second-order valence-corrected chi connectivity index (χ2v) is 6.42. The molecule has 0 saturated carbocycles. The van der Waals surface area contributed by atoms with Crippen LogP contribution in [0.1, 0.15) is 25.3 Å². The maximum Gasteiger partial charge on any atom is 0.264 e. The molecule has 0 aliphatic carbocycles. The SMILES string of the molecule is CC1C=Cc2ccccc2N1CCCCS(=O)(=O)O. The first-order valence-corrected chi connectivity index (χ1v) is 8.07. The molecule has 1 N–H and O–H groups in total. The van der Waals surface area contributed by atoms with Gasteiger partial charge in [-0.3, -0.25) is 4.55 Å². The van der Waals surface area contributed by atoms with Crippen LogP contribution >= 0.6 is 0 Å². The molecule has 19 heavy (non-hydrogen) atoms. The summed E-state index contributed by atoms with van der Waals surface area (Å²) in [4.78, 5) is 2.26. The van der Waals surface area contributed by atoms with Gasteiger partial charge in [0.2, 0.25) is 0 Å². The van der Waals surface area contributed by atoms with Crippen molar-refractivity contribution >= 4 is 21.9 Å². The van der Waals surface area contributed by atoms with Crippen LogP contribution < -0.4 is 4.90 Å². The molecular formula is C14H19NO3S. The molecule has 1 aliphatic heterocycles. The Kier molecular flexibility index (Phi) is 4.27. The van der Waals surface area contributed by atoms with E-state index < -0.39 is 10.1 Å². The Bertz CT molecular complexity index is 566. The van der Waals surface area contributed by atoms with E-state index >= 15 is 0 Å². The van der Waals surface area contributed by atoms with Crippen LogP contribution in [0.4, 0.5) is 5.69 Å². The molecule has 0 aromatic heterocycles. The van der Waals surface area contributed by atoms with Crippen molar-refractivity contribution in [3.05, 3.63) is 35.9 Å².